The Hall–Kier alpha value is -3.35. The summed E-state index contributed by atoms with van der Waals surface area (Å²) in [7, 11) is 0. The molecule has 1 saturated heterocycles. The minimum atomic E-state index is -0.499. The third-order valence-corrected chi connectivity index (χ3v) is 5.29. The SMILES string of the molecule is Cc1c(C=Nc2ccc3c(c2)OCO3)c(O)n(CCN2CCOCC2)c(=O)c1C#N. The average Bonchev–Trinajstić information content (AvgIpc) is 3.22. The summed E-state index contributed by atoms with van der Waals surface area (Å²) in [5.41, 5.74) is 0.837. The van der Waals surface area contributed by atoms with E-state index < -0.39 is 5.56 Å². The molecule has 2 aromatic rings. The summed E-state index contributed by atoms with van der Waals surface area (Å²) in [6.07, 6.45) is 1.47. The first kappa shape index (κ1) is 19.9. The fourth-order valence-electron chi connectivity index (χ4n) is 3.50. The molecule has 0 radical (unpaired) electrons. The van der Waals surface area contributed by atoms with Gasteiger partial charge >= 0.3 is 0 Å². The summed E-state index contributed by atoms with van der Waals surface area (Å²) >= 11 is 0. The molecule has 1 fully saturated rings. The van der Waals surface area contributed by atoms with Crippen LogP contribution in [0.5, 0.6) is 17.4 Å². The van der Waals surface area contributed by atoms with E-state index in [9.17, 15) is 15.2 Å². The van der Waals surface area contributed by atoms with Crippen LogP contribution >= 0.6 is 0 Å². The number of hydrogen-bond acceptors (Lipinski definition) is 8. The molecule has 0 spiro atoms. The normalized spacial score (nSPS) is 16.1. The number of ether oxygens (including phenoxy) is 3. The van der Waals surface area contributed by atoms with Gasteiger partial charge in [0.1, 0.15) is 11.6 Å². The first-order valence-electron chi connectivity index (χ1n) is 9.68. The lowest BCUT2D eigenvalue weighted by molar-refractivity contribution is 0.0360. The Kier molecular flexibility index (Phi) is 5.70. The van der Waals surface area contributed by atoms with E-state index in [4.69, 9.17) is 14.2 Å². The number of pyridine rings is 1. The van der Waals surface area contributed by atoms with E-state index in [1.807, 2.05) is 6.07 Å². The van der Waals surface area contributed by atoms with Gasteiger partial charge in [0.2, 0.25) is 12.7 Å². The van der Waals surface area contributed by atoms with Crippen LogP contribution in [0, 0.1) is 18.3 Å². The lowest BCUT2D eigenvalue weighted by Crippen LogP contribution is -2.39. The van der Waals surface area contributed by atoms with Gasteiger partial charge in [-0.25, -0.2) is 0 Å². The summed E-state index contributed by atoms with van der Waals surface area (Å²) in [4.78, 5) is 19.3. The Morgan fingerprint density at radius 2 is 2.00 bits per heavy atom. The molecule has 0 atom stereocenters. The van der Waals surface area contributed by atoms with Crippen LogP contribution in [0.15, 0.2) is 28.0 Å². The van der Waals surface area contributed by atoms with Crippen molar-refractivity contribution >= 4 is 11.9 Å². The Labute approximate surface area is 173 Å². The van der Waals surface area contributed by atoms with E-state index in [-0.39, 0.29) is 24.8 Å². The molecule has 1 aromatic carbocycles. The zero-order chi connectivity index (χ0) is 21.1. The number of aromatic hydroxyl groups is 1. The number of aliphatic imine (C=N–C) groups is 1. The summed E-state index contributed by atoms with van der Waals surface area (Å²) in [5, 5.41) is 20.3. The molecular formula is C21H22N4O5. The van der Waals surface area contributed by atoms with E-state index in [1.54, 1.807) is 25.1 Å². The number of nitriles is 1. The van der Waals surface area contributed by atoms with Crippen molar-refractivity contribution in [1.29, 1.82) is 5.26 Å². The maximum Gasteiger partial charge on any atom is 0.271 e. The second-order valence-corrected chi connectivity index (χ2v) is 7.06. The lowest BCUT2D eigenvalue weighted by atomic mass is 10.1. The van der Waals surface area contributed by atoms with E-state index in [1.165, 1.54) is 10.8 Å². The predicted octanol–water partition coefficient (Wildman–Crippen LogP) is 1.55. The number of hydrogen-bond donors (Lipinski definition) is 1. The number of benzene rings is 1. The topological polar surface area (TPSA) is 109 Å². The Balaban J connectivity index is 1.65. The molecule has 9 nitrogen and oxygen atoms in total. The monoisotopic (exact) mass is 410 g/mol. The highest BCUT2D eigenvalue weighted by molar-refractivity contribution is 5.87. The summed E-state index contributed by atoms with van der Waals surface area (Å²) < 4.78 is 17.2. The molecule has 0 saturated carbocycles. The van der Waals surface area contributed by atoms with Crippen molar-refractivity contribution in [2.45, 2.75) is 13.5 Å². The Morgan fingerprint density at radius 1 is 1.23 bits per heavy atom. The molecule has 0 aliphatic carbocycles. The second-order valence-electron chi connectivity index (χ2n) is 7.06. The maximum absolute atomic E-state index is 12.7. The van der Waals surface area contributed by atoms with Crippen LogP contribution < -0.4 is 15.0 Å². The summed E-state index contributed by atoms with van der Waals surface area (Å²) in [6, 6.07) is 7.21. The second kappa shape index (κ2) is 8.57. The highest BCUT2D eigenvalue weighted by Crippen LogP contribution is 2.35. The minimum Gasteiger partial charge on any atom is -0.494 e. The molecular weight excluding hydrogens is 388 g/mol. The van der Waals surface area contributed by atoms with Crippen molar-refractivity contribution in [3.8, 4) is 23.4 Å². The maximum atomic E-state index is 12.7. The van der Waals surface area contributed by atoms with Crippen LogP contribution in [-0.4, -0.2) is 60.4 Å². The van der Waals surface area contributed by atoms with Gasteiger partial charge in [-0.1, -0.05) is 0 Å². The molecule has 4 rings (SSSR count). The number of morpholine rings is 1. The predicted molar refractivity (Wildman–Crippen MR) is 109 cm³/mol. The molecule has 1 aromatic heterocycles. The Morgan fingerprint density at radius 3 is 2.77 bits per heavy atom. The molecule has 0 amide bonds. The minimum absolute atomic E-state index is 0.00177. The molecule has 156 valence electrons. The molecule has 1 N–H and O–H groups in total. The quantitative estimate of drug-likeness (QED) is 0.745. The smallest absolute Gasteiger partial charge is 0.271 e. The van der Waals surface area contributed by atoms with Crippen molar-refractivity contribution in [2.24, 2.45) is 4.99 Å². The highest BCUT2D eigenvalue weighted by atomic mass is 16.7. The molecule has 9 heteroatoms. The van der Waals surface area contributed by atoms with Crippen LogP contribution in [0.2, 0.25) is 0 Å². The molecule has 0 bridgehead atoms. The molecule has 30 heavy (non-hydrogen) atoms. The van der Waals surface area contributed by atoms with Crippen molar-refractivity contribution in [2.75, 3.05) is 39.6 Å². The van der Waals surface area contributed by atoms with E-state index in [0.29, 0.717) is 48.1 Å². The molecule has 2 aliphatic rings. The Bertz CT molecular complexity index is 1080. The average molecular weight is 410 g/mol. The van der Waals surface area contributed by atoms with Gasteiger partial charge in [0.15, 0.2) is 11.5 Å². The number of rotatable bonds is 5. The van der Waals surface area contributed by atoms with Crippen molar-refractivity contribution in [1.82, 2.24) is 9.47 Å². The van der Waals surface area contributed by atoms with E-state index >= 15 is 0 Å². The number of aromatic nitrogens is 1. The van der Waals surface area contributed by atoms with Gasteiger partial charge in [0, 0.05) is 38.5 Å². The van der Waals surface area contributed by atoms with Crippen LogP contribution in [0.4, 0.5) is 5.69 Å². The van der Waals surface area contributed by atoms with E-state index in [2.05, 4.69) is 9.89 Å². The zero-order valence-electron chi connectivity index (χ0n) is 16.6. The van der Waals surface area contributed by atoms with Gasteiger partial charge in [-0.15, -0.1) is 0 Å². The molecule has 3 heterocycles. The van der Waals surface area contributed by atoms with Gasteiger partial charge < -0.3 is 19.3 Å². The standard InChI is InChI=1S/C21H22N4O5/c1-14-16(11-22)20(26)25(5-4-24-6-8-28-9-7-24)21(27)17(14)12-23-15-2-3-18-19(10-15)30-13-29-18/h2-3,10,12,27H,4-9,13H2,1H3. The molecule has 0 unspecified atom stereocenters. The van der Waals surface area contributed by atoms with Gasteiger partial charge in [0.25, 0.3) is 5.56 Å². The van der Waals surface area contributed by atoms with Gasteiger partial charge in [-0.3, -0.25) is 19.3 Å². The third kappa shape index (κ3) is 3.87. The number of fused-ring (bicyclic) bond motifs is 1. The first-order chi connectivity index (χ1) is 14.6. The largest absolute Gasteiger partial charge is 0.494 e. The third-order valence-electron chi connectivity index (χ3n) is 5.29. The summed E-state index contributed by atoms with van der Waals surface area (Å²) in [5.74, 6) is 1.05. The van der Waals surface area contributed by atoms with Crippen LogP contribution in [0.1, 0.15) is 16.7 Å². The fraction of sp³-hybridized carbons (Fsp3) is 0.381. The lowest BCUT2D eigenvalue weighted by Gasteiger charge is -2.27. The first-order valence-corrected chi connectivity index (χ1v) is 9.68. The van der Waals surface area contributed by atoms with Gasteiger partial charge in [-0.05, 0) is 24.6 Å². The van der Waals surface area contributed by atoms with Gasteiger partial charge in [0.05, 0.1) is 24.5 Å². The fourth-order valence-corrected chi connectivity index (χ4v) is 3.50. The van der Waals surface area contributed by atoms with Crippen molar-refractivity contribution in [3.05, 3.63) is 45.2 Å². The van der Waals surface area contributed by atoms with Crippen LogP contribution in [0.3, 0.4) is 0 Å². The van der Waals surface area contributed by atoms with Crippen LogP contribution in [-0.2, 0) is 11.3 Å². The molecule has 2 aliphatic heterocycles. The number of nitrogens with zero attached hydrogens (tertiary/aromatic N) is 4. The van der Waals surface area contributed by atoms with Gasteiger partial charge in [-0.2, -0.15) is 5.26 Å². The summed E-state index contributed by atoms with van der Waals surface area (Å²) in [6.45, 7) is 5.47. The van der Waals surface area contributed by atoms with E-state index in [0.717, 1.165) is 13.1 Å². The van der Waals surface area contributed by atoms with Crippen LogP contribution in [0.25, 0.3) is 0 Å². The van der Waals surface area contributed by atoms with Crippen molar-refractivity contribution in [3.63, 3.8) is 0 Å². The highest BCUT2D eigenvalue weighted by Gasteiger charge is 2.19. The zero-order valence-corrected chi connectivity index (χ0v) is 16.6. The van der Waals surface area contributed by atoms with Crippen molar-refractivity contribution < 1.29 is 19.3 Å².